The highest BCUT2D eigenvalue weighted by atomic mass is 16.5. The van der Waals surface area contributed by atoms with Crippen LogP contribution in [0.5, 0.6) is 11.5 Å². The lowest BCUT2D eigenvalue weighted by Gasteiger charge is -2.13. The molecule has 0 radical (unpaired) electrons. The summed E-state index contributed by atoms with van der Waals surface area (Å²) in [5, 5.41) is 8.87. The fraction of sp³-hybridized carbons (Fsp3) is 0.0833. The molecule has 5 rings (SSSR count). The van der Waals surface area contributed by atoms with Gasteiger partial charge in [-0.05, 0) is 75.7 Å². The van der Waals surface area contributed by atoms with Gasteiger partial charge in [-0.15, -0.1) is 0 Å². The van der Waals surface area contributed by atoms with Crippen molar-refractivity contribution in [2.75, 3.05) is 13.2 Å². The predicted octanol–water partition coefficient (Wildman–Crippen LogP) is 8.30. The second kappa shape index (κ2) is 12.6. The topological polar surface area (TPSA) is 55.8 Å². The highest BCUT2D eigenvalue weighted by Gasteiger charge is 2.09. The molecule has 198 valence electrons. The lowest BCUT2D eigenvalue weighted by Crippen LogP contribution is -2.10. The molecule has 4 heteroatoms. The number of aliphatic carboxylic acids is 1. The van der Waals surface area contributed by atoms with Gasteiger partial charge in [-0.3, -0.25) is 0 Å². The van der Waals surface area contributed by atoms with Crippen LogP contribution in [-0.4, -0.2) is 24.3 Å². The molecular formula is C36H30O4. The van der Waals surface area contributed by atoms with Crippen LogP contribution >= 0.6 is 0 Å². The lowest BCUT2D eigenvalue weighted by molar-refractivity contribution is -0.139. The molecule has 1 N–H and O–H groups in total. The second-order valence-corrected chi connectivity index (χ2v) is 9.43. The van der Waals surface area contributed by atoms with Gasteiger partial charge in [-0.25, -0.2) is 4.79 Å². The van der Waals surface area contributed by atoms with Gasteiger partial charge in [0, 0.05) is 0 Å². The van der Waals surface area contributed by atoms with E-state index in [1.807, 2.05) is 49.4 Å². The van der Waals surface area contributed by atoms with Crippen molar-refractivity contribution in [3.8, 4) is 33.8 Å². The van der Waals surface area contributed by atoms with E-state index in [-0.39, 0.29) is 6.61 Å². The molecule has 0 saturated carbocycles. The van der Waals surface area contributed by atoms with Crippen LogP contribution in [0.1, 0.15) is 16.7 Å². The number of hydrogen-bond donors (Lipinski definition) is 1. The molecule has 0 aliphatic carbocycles. The molecular weight excluding hydrogens is 496 g/mol. The van der Waals surface area contributed by atoms with Crippen molar-refractivity contribution in [2.24, 2.45) is 0 Å². The molecule has 5 aromatic rings. The maximum Gasteiger partial charge on any atom is 0.341 e. The average Bonchev–Trinajstić information content (AvgIpc) is 3.00. The van der Waals surface area contributed by atoms with E-state index in [1.165, 1.54) is 22.3 Å². The fourth-order valence-corrected chi connectivity index (χ4v) is 4.58. The Hall–Kier alpha value is -5.09. The Bertz CT molecular complexity index is 1500. The molecule has 0 heterocycles. The van der Waals surface area contributed by atoms with E-state index < -0.39 is 5.97 Å². The third kappa shape index (κ3) is 6.66. The molecule has 5 aromatic carbocycles. The molecule has 40 heavy (non-hydrogen) atoms. The first-order chi connectivity index (χ1) is 19.6. The van der Waals surface area contributed by atoms with Crippen LogP contribution in [0.15, 0.2) is 133 Å². The van der Waals surface area contributed by atoms with Crippen molar-refractivity contribution in [3.63, 3.8) is 0 Å². The highest BCUT2D eigenvalue weighted by Crippen LogP contribution is 2.29. The van der Waals surface area contributed by atoms with E-state index >= 15 is 0 Å². The number of aryl methyl sites for hydroxylation is 1. The number of benzene rings is 5. The van der Waals surface area contributed by atoms with E-state index in [9.17, 15) is 4.79 Å². The largest absolute Gasteiger partial charge is 0.489 e. The summed E-state index contributed by atoms with van der Waals surface area (Å²) in [6.07, 6.45) is 2.10. The van der Waals surface area contributed by atoms with Gasteiger partial charge < -0.3 is 14.6 Å². The van der Waals surface area contributed by atoms with Crippen molar-refractivity contribution in [3.05, 3.63) is 150 Å². The number of carboxylic acids is 1. The van der Waals surface area contributed by atoms with Crippen molar-refractivity contribution >= 4 is 11.5 Å². The van der Waals surface area contributed by atoms with E-state index in [4.69, 9.17) is 14.6 Å². The maximum atomic E-state index is 10.8. The first-order valence-electron chi connectivity index (χ1n) is 13.2. The Morgan fingerprint density at radius 3 is 1.62 bits per heavy atom. The van der Waals surface area contributed by atoms with Gasteiger partial charge in [0.25, 0.3) is 0 Å². The Labute approximate surface area is 234 Å². The molecule has 0 aliphatic heterocycles. The number of hydrogen-bond acceptors (Lipinski definition) is 3. The zero-order valence-corrected chi connectivity index (χ0v) is 22.3. The number of ether oxygens (including phenoxy) is 2. The minimum Gasteiger partial charge on any atom is -0.489 e. The van der Waals surface area contributed by atoms with Gasteiger partial charge in [0.2, 0.25) is 0 Å². The summed E-state index contributed by atoms with van der Waals surface area (Å²) >= 11 is 0. The van der Waals surface area contributed by atoms with Crippen LogP contribution in [0, 0.1) is 6.92 Å². The van der Waals surface area contributed by atoms with E-state index in [1.54, 1.807) is 12.1 Å². The molecule has 0 fully saturated rings. The third-order valence-electron chi connectivity index (χ3n) is 6.64. The van der Waals surface area contributed by atoms with Gasteiger partial charge >= 0.3 is 5.97 Å². The molecule has 0 aromatic heterocycles. The molecule has 0 saturated heterocycles. The van der Waals surface area contributed by atoms with E-state index in [0.717, 1.165) is 22.3 Å². The summed E-state index contributed by atoms with van der Waals surface area (Å²) in [4.78, 5) is 10.8. The first-order valence-corrected chi connectivity index (χ1v) is 13.2. The number of carboxylic acid groups (broad SMARTS) is 1. The molecule has 0 bridgehead atoms. The summed E-state index contributed by atoms with van der Waals surface area (Å²) in [5.74, 6) is 0.212. The van der Waals surface area contributed by atoms with Crippen molar-refractivity contribution in [1.82, 2.24) is 0 Å². The van der Waals surface area contributed by atoms with Gasteiger partial charge in [0.1, 0.15) is 18.1 Å². The van der Waals surface area contributed by atoms with Gasteiger partial charge in [-0.1, -0.05) is 109 Å². The normalized spacial score (nSPS) is 10.5. The monoisotopic (exact) mass is 526 g/mol. The van der Waals surface area contributed by atoms with Gasteiger partial charge in [-0.2, -0.15) is 0 Å². The Kier molecular flexibility index (Phi) is 8.38. The second-order valence-electron chi connectivity index (χ2n) is 9.43. The molecule has 0 spiro atoms. The summed E-state index contributed by atoms with van der Waals surface area (Å²) in [6.45, 7) is 1.86. The standard InChI is InChI=1S/C36H30O4/c1-26-24-33(20-21-35(26)40-25-36(37)38)39-23-22-34(31-16-12-29(13-17-31)27-8-4-2-5-9-27)32-18-14-30(15-19-32)28-10-6-3-7-11-28/h2-22,24H,23,25H2,1H3,(H,37,38). The van der Waals surface area contributed by atoms with E-state index in [2.05, 4.69) is 78.9 Å². The van der Waals surface area contributed by atoms with Crippen LogP contribution in [0.2, 0.25) is 0 Å². The number of carbonyl (C=O) groups is 1. The summed E-state index contributed by atoms with van der Waals surface area (Å²) in [6, 6.07) is 43.3. The molecule has 0 aliphatic rings. The molecule has 0 amide bonds. The van der Waals surface area contributed by atoms with Gasteiger partial charge in [0.15, 0.2) is 6.61 Å². The van der Waals surface area contributed by atoms with Crippen LogP contribution in [0.4, 0.5) is 0 Å². The lowest BCUT2D eigenvalue weighted by atomic mass is 9.94. The summed E-state index contributed by atoms with van der Waals surface area (Å²) in [5.41, 5.74) is 8.80. The Morgan fingerprint density at radius 2 is 1.15 bits per heavy atom. The van der Waals surface area contributed by atoms with Crippen LogP contribution in [0.3, 0.4) is 0 Å². The van der Waals surface area contributed by atoms with Crippen LogP contribution < -0.4 is 9.47 Å². The zero-order chi connectivity index (χ0) is 27.7. The van der Waals surface area contributed by atoms with Crippen molar-refractivity contribution < 1.29 is 19.4 Å². The first kappa shape index (κ1) is 26.5. The van der Waals surface area contributed by atoms with Gasteiger partial charge in [0.05, 0.1) is 0 Å². The minimum absolute atomic E-state index is 0.366. The highest BCUT2D eigenvalue weighted by molar-refractivity contribution is 5.82. The zero-order valence-electron chi connectivity index (χ0n) is 22.3. The predicted molar refractivity (Wildman–Crippen MR) is 161 cm³/mol. The minimum atomic E-state index is -1.01. The van der Waals surface area contributed by atoms with E-state index in [0.29, 0.717) is 18.1 Å². The average molecular weight is 527 g/mol. The third-order valence-corrected chi connectivity index (χ3v) is 6.64. The summed E-state index contributed by atoms with van der Waals surface area (Å²) in [7, 11) is 0. The fourth-order valence-electron chi connectivity index (χ4n) is 4.58. The summed E-state index contributed by atoms with van der Waals surface area (Å²) < 4.78 is 11.4. The maximum absolute atomic E-state index is 10.8. The molecule has 0 unspecified atom stereocenters. The number of rotatable bonds is 10. The smallest absolute Gasteiger partial charge is 0.341 e. The Balaban J connectivity index is 1.40. The molecule has 0 atom stereocenters. The van der Waals surface area contributed by atoms with Crippen molar-refractivity contribution in [1.29, 1.82) is 0 Å². The van der Waals surface area contributed by atoms with Crippen molar-refractivity contribution in [2.45, 2.75) is 6.92 Å². The quantitative estimate of drug-likeness (QED) is 0.199. The van der Waals surface area contributed by atoms with Crippen LogP contribution in [-0.2, 0) is 4.79 Å². The van der Waals surface area contributed by atoms with Crippen LogP contribution in [0.25, 0.3) is 27.8 Å². The molecule has 4 nitrogen and oxygen atoms in total. The SMILES string of the molecule is Cc1cc(OCC=C(c2ccc(-c3ccccc3)cc2)c2ccc(-c3ccccc3)cc2)ccc1OCC(=O)O. The Morgan fingerprint density at radius 1 is 0.650 bits per heavy atom.